The van der Waals surface area contributed by atoms with E-state index in [2.05, 4.69) is 41.8 Å². The minimum Gasteiger partial charge on any atom is -0.325 e. The van der Waals surface area contributed by atoms with Crippen LogP contribution in [-0.4, -0.2) is 21.1 Å². The van der Waals surface area contributed by atoms with E-state index in [0.29, 0.717) is 0 Å². The summed E-state index contributed by atoms with van der Waals surface area (Å²) in [6.07, 6.45) is 0.960. The Bertz CT molecular complexity index is 355. The molecule has 0 saturated heterocycles. The summed E-state index contributed by atoms with van der Waals surface area (Å²) < 4.78 is 3.11. The molecule has 5 heteroatoms. The summed E-state index contributed by atoms with van der Waals surface area (Å²) in [7, 11) is 1.99. The van der Waals surface area contributed by atoms with Crippen LogP contribution in [0, 0.1) is 0 Å². The fraction of sp³-hybridized carbons (Fsp3) is 0.727. The van der Waals surface area contributed by atoms with Crippen molar-refractivity contribution in [3.05, 3.63) is 15.9 Å². The van der Waals surface area contributed by atoms with Gasteiger partial charge in [0.2, 0.25) is 0 Å². The molecule has 1 aromatic heterocycles. The van der Waals surface area contributed by atoms with Crippen molar-refractivity contribution in [3.63, 3.8) is 0 Å². The van der Waals surface area contributed by atoms with E-state index in [1.54, 1.807) is 0 Å². The van der Waals surface area contributed by atoms with Gasteiger partial charge in [0.1, 0.15) is 0 Å². The SMILES string of the molecule is CCc1nn(C)c(CSCC(C)(C)N)c1Br. The molecule has 0 atom stereocenters. The first kappa shape index (κ1) is 14.1. The average molecular weight is 306 g/mol. The highest BCUT2D eigenvalue weighted by molar-refractivity contribution is 9.10. The molecule has 0 amide bonds. The van der Waals surface area contributed by atoms with Crippen molar-refractivity contribution < 1.29 is 0 Å². The van der Waals surface area contributed by atoms with E-state index in [0.717, 1.165) is 28.1 Å². The molecular formula is C11H20BrN3S. The van der Waals surface area contributed by atoms with Gasteiger partial charge in [0.05, 0.1) is 15.9 Å². The second-order valence-electron chi connectivity index (χ2n) is 4.67. The zero-order chi connectivity index (χ0) is 12.3. The summed E-state index contributed by atoms with van der Waals surface area (Å²) in [6, 6.07) is 0. The topological polar surface area (TPSA) is 43.8 Å². The maximum absolute atomic E-state index is 5.95. The van der Waals surface area contributed by atoms with Crippen molar-refractivity contribution in [2.75, 3.05) is 5.75 Å². The number of thioether (sulfide) groups is 1. The van der Waals surface area contributed by atoms with Gasteiger partial charge in [-0.2, -0.15) is 16.9 Å². The van der Waals surface area contributed by atoms with Gasteiger partial charge in [-0.3, -0.25) is 4.68 Å². The number of rotatable bonds is 5. The highest BCUT2D eigenvalue weighted by atomic mass is 79.9. The van der Waals surface area contributed by atoms with Crippen LogP contribution in [0.3, 0.4) is 0 Å². The lowest BCUT2D eigenvalue weighted by atomic mass is 10.1. The molecule has 0 aromatic carbocycles. The maximum atomic E-state index is 5.95. The van der Waals surface area contributed by atoms with Crippen LogP contribution >= 0.6 is 27.7 Å². The fourth-order valence-electron chi connectivity index (χ4n) is 1.39. The van der Waals surface area contributed by atoms with E-state index >= 15 is 0 Å². The number of hydrogen-bond donors (Lipinski definition) is 1. The predicted octanol–water partition coefficient (Wildman–Crippen LogP) is 2.72. The molecule has 0 bridgehead atoms. The number of nitrogens with zero attached hydrogens (tertiary/aromatic N) is 2. The first-order chi connectivity index (χ1) is 7.35. The Kier molecular flexibility index (Phi) is 4.88. The van der Waals surface area contributed by atoms with Gasteiger partial charge >= 0.3 is 0 Å². The van der Waals surface area contributed by atoms with Gasteiger partial charge in [0.15, 0.2) is 0 Å². The number of hydrogen-bond acceptors (Lipinski definition) is 3. The number of nitrogens with two attached hydrogens (primary N) is 1. The van der Waals surface area contributed by atoms with Crippen LogP contribution in [0.5, 0.6) is 0 Å². The molecule has 0 saturated carbocycles. The van der Waals surface area contributed by atoms with Crippen LogP contribution in [0.15, 0.2) is 4.47 Å². The van der Waals surface area contributed by atoms with Crippen molar-refractivity contribution in [2.45, 2.75) is 38.5 Å². The summed E-state index contributed by atoms with van der Waals surface area (Å²) >= 11 is 5.46. The van der Waals surface area contributed by atoms with Crippen LogP contribution in [0.2, 0.25) is 0 Å². The molecule has 92 valence electrons. The van der Waals surface area contributed by atoms with Gasteiger partial charge in [0.25, 0.3) is 0 Å². The fourth-order valence-corrected chi connectivity index (χ4v) is 3.48. The quantitative estimate of drug-likeness (QED) is 0.909. The number of aromatic nitrogens is 2. The van der Waals surface area contributed by atoms with Gasteiger partial charge in [-0.05, 0) is 36.2 Å². The Hall–Kier alpha value is -0.0000000000000000555. The predicted molar refractivity (Wildman–Crippen MR) is 74.7 cm³/mol. The van der Waals surface area contributed by atoms with Crippen LogP contribution < -0.4 is 5.73 Å². The average Bonchev–Trinajstić information content (AvgIpc) is 2.42. The number of halogens is 1. The van der Waals surface area contributed by atoms with Gasteiger partial charge in [-0.1, -0.05) is 6.92 Å². The van der Waals surface area contributed by atoms with Crippen LogP contribution in [0.25, 0.3) is 0 Å². The molecule has 0 aliphatic rings. The largest absolute Gasteiger partial charge is 0.325 e. The Morgan fingerprint density at radius 1 is 1.50 bits per heavy atom. The lowest BCUT2D eigenvalue weighted by Gasteiger charge is -2.17. The summed E-state index contributed by atoms with van der Waals surface area (Å²) in [5.41, 5.74) is 8.22. The lowest BCUT2D eigenvalue weighted by molar-refractivity contribution is 0.591. The molecule has 0 fully saturated rings. The highest BCUT2D eigenvalue weighted by Gasteiger charge is 2.15. The Balaban J connectivity index is 2.64. The standard InChI is InChI=1S/C11H20BrN3S/c1-5-8-10(12)9(15(4)14-8)6-16-7-11(2,3)13/h5-7,13H2,1-4H3. The summed E-state index contributed by atoms with van der Waals surface area (Å²) in [5, 5.41) is 4.47. The minimum absolute atomic E-state index is 0.108. The monoisotopic (exact) mass is 305 g/mol. The first-order valence-electron chi connectivity index (χ1n) is 5.42. The Labute approximate surface area is 110 Å². The van der Waals surface area contributed by atoms with Crippen LogP contribution in [-0.2, 0) is 19.2 Å². The van der Waals surface area contributed by atoms with Gasteiger partial charge in [-0.15, -0.1) is 0 Å². The van der Waals surface area contributed by atoms with Crippen molar-refractivity contribution >= 4 is 27.7 Å². The highest BCUT2D eigenvalue weighted by Crippen LogP contribution is 2.26. The first-order valence-corrected chi connectivity index (χ1v) is 7.36. The third kappa shape index (κ3) is 3.79. The normalized spacial score (nSPS) is 12.1. The molecule has 0 unspecified atom stereocenters. The van der Waals surface area contributed by atoms with E-state index < -0.39 is 0 Å². The third-order valence-electron chi connectivity index (χ3n) is 2.22. The van der Waals surface area contributed by atoms with E-state index in [4.69, 9.17) is 5.73 Å². The summed E-state index contributed by atoms with van der Waals surface area (Å²) in [4.78, 5) is 0. The van der Waals surface area contributed by atoms with E-state index in [-0.39, 0.29) is 5.54 Å². The number of aryl methyl sites for hydroxylation is 2. The van der Waals surface area contributed by atoms with Crippen molar-refractivity contribution in [3.8, 4) is 0 Å². The van der Waals surface area contributed by atoms with Gasteiger partial charge in [-0.25, -0.2) is 0 Å². The molecule has 0 aliphatic heterocycles. The molecule has 2 N–H and O–H groups in total. The van der Waals surface area contributed by atoms with E-state index in [1.165, 1.54) is 5.69 Å². The summed E-state index contributed by atoms with van der Waals surface area (Å²) in [5.74, 6) is 1.90. The van der Waals surface area contributed by atoms with Gasteiger partial charge < -0.3 is 5.73 Å². The van der Waals surface area contributed by atoms with Crippen LogP contribution in [0.1, 0.15) is 32.2 Å². The van der Waals surface area contributed by atoms with Gasteiger partial charge in [0, 0.05) is 24.1 Å². The molecule has 3 nitrogen and oxygen atoms in total. The molecular weight excluding hydrogens is 286 g/mol. The molecule has 0 aliphatic carbocycles. The van der Waals surface area contributed by atoms with Crippen molar-refractivity contribution in [1.29, 1.82) is 0 Å². The van der Waals surface area contributed by atoms with E-state index in [1.807, 2.05) is 23.5 Å². The zero-order valence-electron chi connectivity index (χ0n) is 10.4. The second-order valence-corrected chi connectivity index (χ2v) is 6.44. The zero-order valence-corrected chi connectivity index (χ0v) is 12.8. The lowest BCUT2D eigenvalue weighted by Crippen LogP contribution is -2.34. The van der Waals surface area contributed by atoms with E-state index in [9.17, 15) is 0 Å². The molecule has 1 aromatic rings. The molecule has 0 radical (unpaired) electrons. The molecule has 16 heavy (non-hydrogen) atoms. The smallest absolute Gasteiger partial charge is 0.0767 e. The summed E-state index contributed by atoms with van der Waals surface area (Å²) in [6.45, 7) is 6.22. The molecule has 0 spiro atoms. The second kappa shape index (κ2) is 5.56. The Morgan fingerprint density at radius 2 is 2.12 bits per heavy atom. The molecule has 1 rings (SSSR count). The minimum atomic E-state index is -0.108. The molecule has 1 heterocycles. The van der Waals surface area contributed by atoms with Crippen molar-refractivity contribution in [2.24, 2.45) is 12.8 Å². The third-order valence-corrected chi connectivity index (χ3v) is 4.56. The van der Waals surface area contributed by atoms with Crippen molar-refractivity contribution in [1.82, 2.24) is 9.78 Å². The van der Waals surface area contributed by atoms with Crippen LogP contribution in [0.4, 0.5) is 0 Å². The maximum Gasteiger partial charge on any atom is 0.0767 e. The Morgan fingerprint density at radius 3 is 2.56 bits per heavy atom.